The summed E-state index contributed by atoms with van der Waals surface area (Å²) in [4.78, 5) is 16.7. The van der Waals surface area contributed by atoms with Crippen molar-refractivity contribution < 1.29 is 9.21 Å². The molecule has 0 saturated carbocycles. The monoisotopic (exact) mass is 314 g/mol. The van der Waals surface area contributed by atoms with Gasteiger partial charge in [0.15, 0.2) is 5.82 Å². The molecule has 6 nitrogen and oxygen atoms in total. The molecule has 1 unspecified atom stereocenters. The van der Waals surface area contributed by atoms with Crippen LogP contribution in [0.5, 0.6) is 0 Å². The molecule has 3 heterocycles. The third kappa shape index (κ3) is 2.81. The van der Waals surface area contributed by atoms with E-state index in [0.717, 1.165) is 36.5 Å². The molecule has 1 aliphatic rings. The van der Waals surface area contributed by atoms with Crippen LogP contribution in [-0.2, 0) is 0 Å². The maximum absolute atomic E-state index is 12.9. The molecule has 1 fully saturated rings. The van der Waals surface area contributed by atoms with Crippen LogP contribution in [0, 0.1) is 13.8 Å². The Kier molecular flexibility index (Phi) is 4.07. The molecular weight excluding hydrogens is 292 g/mol. The Morgan fingerprint density at radius 3 is 2.65 bits per heavy atom. The van der Waals surface area contributed by atoms with Gasteiger partial charge in [0.1, 0.15) is 5.76 Å². The summed E-state index contributed by atoms with van der Waals surface area (Å²) in [6, 6.07) is 3.89. The van der Waals surface area contributed by atoms with E-state index < -0.39 is 0 Å². The van der Waals surface area contributed by atoms with Gasteiger partial charge < -0.3 is 14.2 Å². The molecule has 2 aromatic heterocycles. The zero-order valence-electron chi connectivity index (χ0n) is 14.0. The SMILES string of the molecule is Cc1coc(C)c1C(=O)N1CCCC1c1ccc(N(C)C)nn1. The number of rotatable bonds is 3. The molecule has 23 heavy (non-hydrogen) atoms. The quantitative estimate of drug-likeness (QED) is 0.871. The predicted octanol–water partition coefficient (Wildman–Crippen LogP) is 2.73. The van der Waals surface area contributed by atoms with Crippen molar-refractivity contribution in [1.82, 2.24) is 15.1 Å². The van der Waals surface area contributed by atoms with Crippen LogP contribution in [0.4, 0.5) is 5.82 Å². The third-order valence-electron chi connectivity index (χ3n) is 4.36. The fraction of sp³-hybridized carbons (Fsp3) is 0.471. The summed E-state index contributed by atoms with van der Waals surface area (Å²) in [5, 5.41) is 8.57. The number of aromatic nitrogens is 2. The molecule has 1 atom stereocenters. The first-order chi connectivity index (χ1) is 11.0. The first-order valence-electron chi connectivity index (χ1n) is 7.85. The van der Waals surface area contributed by atoms with Gasteiger partial charge in [0.25, 0.3) is 5.91 Å². The average Bonchev–Trinajstić information content (AvgIpc) is 3.14. The maximum atomic E-state index is 12.9. The van der Waals surface area contributed by atoms with E-state index in [9.17, 15) is 4.79 Å². The van der Waals surface area contributed by atoms with E-state index in [0.29, 0.717) is 11.3 Å². The molecule has 1 aliphatic heterocycles. The molecule has 0 aromatic carbocycles. The predicted molar refractivity (Wildman–Crippen MR) is 87.6 cm³/mol. The molecule has 0 bridgehead atoms. The van der Waals surface area contributed by atoms with Gasteiger partial charge in [-0.25, -0.2) is 0 Å². The minimum atomic E-state index is -0.0140. The average molecular weight is 314 g/mol. The summed E-state index contributed by atoms with van der Waals surface area (Å²) >= 11 is 0. The minimum Gasteiger partial charge on any atom is -0.469 e. The van der Waals surface area contributed by atoms with E-state index in [1.165, 1.54) is 0 Å². The number of amides is 1. The van der Waals surface area contributed by atoms with Gasteiger partial charge in [-0.3, -0.25) is 4.79 Å². The number of likely N-dealkylation sites (tertiary alicyclic amines) is 1. The van der Waals surface area contributed by atoms with Gasteiger partial charge in [0, 0.05) is 26.2 Å². The first kappa shape index (κ1) is 15.5. The molecule has 0 radical (unpaired) electrons. The number of furan rings is 1. The number of carbonyl (C=O) groups is 1. The highest BCUT2D eigenvalue weighted by atomic mass is 16.3. The van der Waals surface area contributed by atoms with Gasteiger partial charge in [-0.05, 0) is 38.8 Å². The highest BCUT2D eigenvalue weighted by molar-refractivity contribution is 5.97. The van der Waals surface area contributed by atoms with Crippen LogP contribution in [0.1, 0.15) is 46.3 Å². The summed E-state index contributed by atoms with van der Waals surface area (Å²) in [6.07, 6.45) is 3.53. The molecule has 0 N–H and O–H groups in total. The van der Waals surface area contributed by atoms with E-state index >= 15 is 0 Å². The molecule has 0 spiro atoms. The Morgan fingerprint density at radius 1 is 1.30 bits per heavy atom. The van der Waals surface area contributed by atoms with Crippen molar-refractivity contribution in [1.29, 1.82) is 0 Å². The highest BCUT2D eigenvalue weighted by Crippen LogP contribution is 2.33. The number of carbonyl (C=O) groups excluding carboxylic acids is 1. The summed E-state index contributed by atoms with van der Waals surface area (Å²) in [5.74, 6) is 1.51. The normalized spacial score (nSPS) is 17.6. The van der Waals surface area contributed by atoms with E-state index in [1.54, 1.807) is 6.26 Å². The Hall–Kier alpha value is -2.37. The molecule has 122 valence electrons. The van der Waals surface area contributed by atoms with Crippen molar-refractivity contribution in [3.8, 4) is 0 Å². The van der Waals surface area contributed by atoms with Gasteiger partial charge in [-0.1, -0.05) is 0 Å². The van der Waals surface area contributed by atoms with E-state index in [4.69, 9.17) is 4.42 Å². The first-order valence-corrected chi connectivity index (χ1v) is 7.85. The van der Waals surface area contributed by atoms with Crippen LogP contribution >= 0.6 is 0 Å². The van der Waals surface area contributed by atoms with E-state index in [1.807, 2.05) is 49.9 Å². The van der Waals surface area contributed by atoms with E-state index in [2.05, 4.69) is 10.2 Å². The molecule has 3 rings (SSSR count). The van der Waals surface area contributed by atoms with Gasteiger partial charge in [-0.15, -0.1) is 5.10 Å². The Balaban J connectivity index is 1.87. The second-order valence-corrected chi connectivity index (χ2v) is 6.22. The van der Waals surface area contributed by atoms with Crippen molar-refractivity contribution in [2.45, 2.75) is 32.7 Å². The number of anilines is 1. The lowest BCUT2D eigenvalue weighted by Gasteiger charge is -2.24. The standard InChI is InChI=1S/C17H22N4O2/c1-11-10-23-12(2)16(11)17(22)21-9-5-6-14(21)13-7-8-15(19-18-13)20(3)4/h7-8,10,14H,5-6,9H2,1-4H3. The van der Waals surface area contributed by atoms with Crippen LogP contribution in [0.15, 0.2) is 22.8 Å². The van der Waals surface area contributed by atoms with Crippen LogP contribution in [0.3, 0.4) is 0 Å². The smallest absolute Gasteiger partial charge is 0.258 e. The van der Waals surface area contributed by atoms with Gasteiger partial charge in [0.05, 0.1) is 23.6 Å². The molecular formula is C17H22N4O2. The minimum absolute atomic E-state index is 0.0140. The number of hydrogen-bond acceptors (Lipinski definition) is 5. The van der Waals surface area contributed by atoms with Crippen molar-refractivity contribution in [2.24, 2.45) is 0 Å². The molecule has 1 saturated heterocycles. The Morgan fingerprint density at radius 2 is 2.09 bits per heavy atom. The fourth-order valence-corrected chi connectivity index (χ4v) is 3.10. The summed E-state index contributed by atoms with van der Waals surface area (Å²) in [7, 11) is 3.86. The van der Waals surface area contributed by atoms with Crippen molar-refractivity contribution in [3.05, 3.63) is 41.0 Å². The second kappa shape index (κ2) is 6.02. The topological polar surface area (TPSA) is 62.5 Å². The number of hydrogen-bond donors (Lipinski definition) is 0. The Labute approximate surface area is 136 Å². The molecule has 1 amide bonds. The third-order valence-corrected chi connectivity index (χ3v) is 4.36. The van der Waals surface area contributed by atoms with Crippen molar-refractivity contribution >= 4 is 11.7 Å². The Bertz CT molecular complexity index is 686. The lowest BCUT2D eigenvalue weighted by atomic mass is 10.1. The van der Waals surface area contributed by atoms with Gasteiger partial charge in [-0.2, -0.15) is 5.10 Å². The van der Waals surface area contributed by atoms with Crippen molar-refractivity contribution in [2.75, 3.05) is 25.5 Å². The second-order valence-electron chi connectivity index (χ2n) is 6.22. The molecule has 0 aliphatic carbocycles. The summed E-state index contributed by atoms with van der Waals surface area (Å²) < 4.78 is 5.38. The van der Waals surface area contributed by atoms with Crippen LogP contribution < -0.4 is 4.90 Å². The summed E-state index contributed by atoms with van der Waals surface area (Å²) in [6.45, 7) is 4.47. The maximum Gasteiger partial charge on any atom is 0.258 e. The lowest BCUT2D eigenvalue weighted by Crippen LogP contribution is -2.31. The molecule has 6 heteroatoms. The highest BCUT2D eigenvalue weighted by Gasteiger charge is 2.33. The van der Waals surface area contributed by atoms with Gasteiger partial charge in [0.2, 0.25) is 0 Å². The fourth-order valence-electron chi connectivity index (χ4n) is 3.10. The van der Waals surface area contributed by atoms with Gasteiger partial charge >= 0.3 is 0 Å². The number of aryl methyl sites for hydroxylation is 2. The molecule has 2 aromatic rings. The van der Waals surface area contributed by atoms with Crippen LogP contribution in [0.25, 0.3) is 0 Å². The zero-order valence-corrected chi connectivity index (χ0v) is 14.0. The lowest BCUT2D eigenvalue weighted by molar-refractivity contribution is 0.0730. The number of nitrogens with zero attached hydrogens (tertiary/aromatic N) is 4. The summed E-state index contributed by atoms with van der Waals surface area (Å²) in [5.41, 5.74) is 2.40. The zero-order chi connectivity index (χ0) is 16.6. The van der Waals surface area contributed by atoms with E-state index in [-0.39, 0.29) is 11.9 Å². The van der Waals surface area contributed by atoms with Crippen LogP contribution in [-0.4, -0.2) is 41.6 Å². The van der Waals surface area contributed by atoms with Crippen LogP contribution in [0.2, 0.25) is 0 Å². The van der Waals surface area contributed by atoms with Crippen molar-refractivity contribution in [3.63, 3.8) is 0 Å². The largest absolute Gasteiger partial charge is 0.469 e.